The van der Waals surface area contributed by atoms with Crippen LogP contribution in [0, 0.1) is 0 Å². The number of nitrogens with one attached hydrogen (secondary N) is 1. The number of amides is 1. The molecule has 0 bridgehead atoms. The van der Waals surface area contributed by atoms with Gasteiger partial charge in [0.15, 0.2) is 0 Å². The van der Waals surface area contributed by atoms with Gasteiger partial charge in [-0.15, -0.1) is 0 Å². The lowest BCUT2D eigenvalue weighted by Gasteiger charge is -2.13. The van der Waals surface area contributed by atoms with E-state index in [9.17, 15) is 4.79 Å². The largest absolute Gasteiger partial charge is 0.383 e. The minimum atomic E-state index is -0.0522. The van der Waals surface area contributed by atoms with Crippen molar-refractivity contribution in [2.24, 2.45) is 5.73 Å². The molecule has 5 nitrogen and oxygen atoms in total. The molecule has 0 fully saturated rings. The minimum absolute atomic E-state index is 0.0522. The van der Waals surface area contributed by atoms with Crippen molar-refractivity contribution in [2.75, 3.05) is 33.4 Å². The fourth-order valence-corrected chi connectivity index (χ4v) is 2.27. The summed E-state index contributed by atoms with van der Waals surface area (Å²) >= 11 is 0. The summed E-state index contributed by atoms with van der Waals surface area (Å²) in [7, 11) is 1.71. The molecule has 0 saturated heterocycles. The Balaban J connectivity index is 2.00. The molecule has 0 spiro atoms. The summed E-state index contributed by atoms with van der Waals surface area (Å²) in [6.45, 7) is 4.44. The maximum absolute atomic E-state index is 11.9. The van der Waals surface area contributed by atoms with Crippen LogP contribution in [0.1, 0.15) is 21.5 Å². The van der Waals surface area contributed by atoms with Gasteiger partial charge < -0.3 is 15.8 Å². The quantitative estimate of drug-likeness (QED) is 0.776. The van der Waals surface area contributed by atoms with E-state index in [2.05, 4.69) is 10.2 Å². The second-order valence-corrected chi connectivity index (χ2v) is 4.73. The zero-order valence-corrected chi connectivity index (χ0v) is 11.3. The first-order valence-electron chi connectivity index (χ1n) is 6.56. The van der Waals surface area contributed by atoms with Crippen LogP contribution in [0.25, 0.3) is 0 Å². The van der Waals surface area contributed by atoms with E-state index in [1.807, 2.05) is 18.2 Å². The molecule has 0 radical (unpaired) electrons. The molecule has 19 heavy (non-hydrogen) atoms. The topological polar surface area (TPSA) is 67.6 Å². The van der Waals surface area contributed by atoms with Gasteiger partial charge in [0.05, 0.1) is 6.61 Å². The lowest BCUT2D eigenvalue weighted by atomic mass is 10.1. The maximum atomic E-state index is 11.9. The number of carbonyl (C=O) groups excluding carboxylic acids is 1. The molecule has 1 heterocycles. The Morgan fingerprint density at radius 1 is 1.42 bits per heavy atom. The molecule has 0 aromatic heterocycles. The van der Waals surface area contributed by atoms with E-state index in [1.165, 1.54) is 11.1 Å². The Morgan fingerprint density at radius 2 is 2.21 bits per heavy atom. The second kappa shape index (κ2) is 6.65. The third kappa shape index (κ3) is 3.53. The van der Waals surface area contributed by atoms with Crippen molar-refractivity contribution in [3.63, 3.8) is 0 Å². The standard InChI is InChI=1S/C14H21N3O2/c1-19-7-6-17-9-12-3-2-11(8-13(12)10-17)14(18)16-5-4-15/h2-3,8H,4-7,9-10,15H2,1H3,(H,16,18). The molecule has 104 valence electrons. The zero-order valence-electron chi connectivity index (χ0n) is 11.3. The Hall–Kier alpha value is -1.43. The van der Waals surface area contributed by atoms with Gasteiger partial charge in [-0.3, -0.25) is 9.69 Å². The highest BCUT2D eigenvalue weighted by molar-refractivity contribution is 5.94. The molecule has 0 unspecified atom stereocenters. The summed E-state index contributed by atoms with van der Waals surface area (Å²) in [5.74, 6) is -0.0522. The van der Waals surface area contributed by atoms with Crippen molar-refractivity contribution in [2.45, 2.75) is 13.1 Å². The van der Waals surface area contributed by atoms with Gasteiger partial charge in [-0.25, -0.2) is 0 Å². The normalized spacial score (nSPS) is 14.4. The van der Waals surface area contributed by atoms with Crippen LogP contribution in [-0.2, 0) is 17.8 Å². The number of carbonyl (C=O) groups is 1. The minimum Gasteiger partial charge on any atom is -0.383 e. The van der Waals surface area contributed by atoms with Crippen LogP contribution in [0.5, 0.6) is 0 Å². The smallest absolute Gasteiger partial charge is 0.251 e. The van der Waals surface area contributed by atoms with Crippen molar-refractivity contribution < 1.29 is 9.53 Å². The number of nitrogens with two attached hydrogens (primary N) is 1. The Morgan fingerprint density at radius 3 is 2.95 bits per heavy atom. The Bertz CT molecular complexity index is 448. The molecular formula is C14H21N3O2. The number of rotatable bonds is 6. The third-order valence-corrected chi connectivity index (χ3v) is 3.30. The molecule has 5 heteroatoms. The predicted molar refractivity (Wildman–Crippen MR) is 73.8 cm³/mol. The summed E-state index contributed by atoms with van der Waals surface area (Å²) in [6, 6.07) is 5.90. The highest BCUT2D eigenvalue weighted by atomic mass is 16.5. The van der Waals surface area contributed by atoms with Crippen LogP contribution < -0.4 is 11.1 Å². The van der Waals surface area contributed by atoms with Crippen LogP contribution in [0.15, 0.2) is 18.2 Å². The molecule has 3 N–H and O–H groups in total. The lowest BCUT2D eigenvalue weighted by molar-refractivity contribution is 0.0954. The molecule has 1 aromatic rings. The van der Waals surface area contributed by atoms with E-state index in [0.29, 0.717) is 18.7 Å². The van der Waals surface area contributed by atoms with E-state index in [0.717, 1.165) is 26.2 Å². The number of hydrogen-bond acceptors (Lipinski definition) is 4. The number of nitrogens with zero attached hydrogens (tertiary/aromatic N) is 1. The number of methoxy groups -OCH3 is 1. The highest BCUT2D eigenvalue weighted by Crippen LogP contribution is 2.23. The molecule has 0 saturated carbocycles. The lowest BCUT2D eigenvalue weighted by Crippen LogP contribution is -2.29. The fraction of sp³-hybridized carbons (Fsp3) is 0.500. The first-order chi connectivity index (χ1) is 9.24. The molecule has 2 rings (SSSR count). The predicted octanol–water partition coefficient (Wildman–Crippen LogP) is 0.337. The van der Waals surface area contributed by atoms with Crippen molar-refractivity contribution in [1.82, 2.24) is 10.2 Å². The average molecular weight is 263 g/mol. The van der Waals surface area contributed by atoms with Gasteiger partial charge in [0.2, 0.25) is 0 Å². The van der Waals surface area contributed by atoms with Crippen molar-refractivity contribution in [1.29, 1.82) is 0 Å². The molecule has 1 aliphatic heterocycles. The average Bonchev–Trinajstić information content (AvgIpc) is 2.84. The van der Waals surface area contributed by atoms with Crippen molar-refractivity contribution >= 4 is 5.91 Å². The zero-order chi connectivity index (χ0) is 13.7. The van der Waals surface area contributed by atoms with Crippen LogP contribution in [0.2, 0.25) is 0 Å². The van der Waals surface area contributed by atoms with Gasteiger partial charge in [-0.2, -0.15) is 0 Å². The first-order valence-corrected chi connectivity index (χ1v) is 6.56. The molecule has 0 aliphatic carbocycles. The summed E-state index contributed by atoms with van der Waals surface area (Å²) in [5, 5.41) is 2.79. The molecule has 0 atom stereocenters. The molecule has 1 aliphatic rings. The molecule has 1 aromatic carbocycles. The van der Waals surface area contributed by atoms with Crippen LogP contribution in [0.4, 0.5) is 0 Å². The third-order valence-electron chi connectivity index (χ3n) is 3.30. The Labute approximate surface area is 113 Å². The number of fused-ring (bicyclic) bond motifs is 1. The molecular weight excluding hydrogens is 242 g/mol. The Kier molecular flexibility index (Phi) is 4.90. The molecule has 1 amide bonds. The van der Waals surface area contributed by atoms with Crippen molar-refractivity contribution in [3.8, 4) is 0 Å². The maximum Gasteiger partial charge on any atom is 0.251 e. The van der Waals surface area contributed by atoms with Crippen molar-refractivity contribution in [3.05, 3.63) is 34.9 Å². The van der Waals surface area contributed by atoms with Gasteiger partial charge in [0.25, 0.3) is 5.91 Å². The summed E-state index contributed by atoms with van der Waals surface area (Å²) < 4.78 is 5.09. The summed E-state index contributed by atoms with van der Waals surface area (Å²) in [6.07, 6.45) is 0. The van der Waals surface area contributed by atoms with Crippen LogP contribution in [-0.4, -0.2) is 44.2 Å². The van der Waals surface area contributed by atoms with Gasteiger partial charge in [0, 0.05) is 45.4 Å². The number of hydrogen-bond donors (Lipinski definition) is 2. The van der Waals surface area contributed by atoms with Gasteiger partial charge in [-0.05, 0) is 23.3 Å². The van der Waals surface area contributed by atoms with E-state index >= 15 is 0 Å². The van der Waals surface area contributed by atoms with E-state index < -0.39 is 0 Å². The van der Waals surface area contributed by atoms with Gasteiger partial charge >= 0.3 is 0 Å². The van der Waals surface area contributed by atoms with E-state index in [4.69, 9.17) is 10.5 Å². The number of ether oxygens (including phenoxy) is 1. The van der Waals surface area contributed by atoms with E-state index in [-0.39, 0.29) is 5.91 Å². The van der Waals surface area contributed by atoms with E-state index in [1.54, 1.807) is 7.11 Å². The van der Waals surface area contributed by atoms with Gasteiger partial charge in [0.1, 0.15) is 0 Å². The number of benzene rings is 1. The van der Waals surface area contributed by atoms with Gasteiger partial charge in [-0.1, -0.05) is 6.07 Å². The highest BCUT2D eigenvalue weighted by Gasteiger charge is 2.19. The first kappa shape index (κ1) is 14.0. The monoisotopic (exact) mass is 263 g/mol. The van der Waals surface area contributed by atoms with Crippen LogP contribution >= 0.6 is 0 Å². The SMILES string of the molecule is COCCN1Cc2ccc(C(=O)NCCN)cc2C1. The summed E-state index contributed by atoms with van der Waals surface area (Å²) in [4.78, 5) is 14.2. The van der Waals surface area contributed by atoms with Crippen LogP contribution in [0.3, 0.4) is 0 Å². The summed E-state index contributed by atoms with van der Waals surface area (Å²) in [5.41, 5.74) is 8.62. The second-order valence-electron chi connectivity index (χ2n) is 4.73. The fourth-order valence-electron chi connectivity index (χ4n) is 2.27.